The van der Waals surface area contributed by atoms with Gasteiger partial charge in [-0.3, -0.25) is 0 Å². The van der Waals surface area contributed by atoms with Gasteiger partial charge in [0.05, 0.1) is 11.6 Å². The van der Waals surface area contributed by atoms with Crippen LogP contribution < -0.4 is 27.0 Å². The maximum atomic E-state index is 11.7. The number of carbonyl (C=O) groups is 1. The van der Waals surface area contributed by atoms with Crippen molar-refractivity contribution in [2.24, 2.45) is 11.5 Å². The Balaban J connectivity index is 2.09. The quantitative estimate of drug-likeness (QED) is 0.543. The highest BCUT2D eigenvalue weighted by atomic mass is 35.5. The van der Waals surface area contributed by atoms with Gasteiger partial charge in [-0.1, -0.05) is 23.1 Å². The Kier molecular flexibility index (Phi) is 4.34. The maximum Gasteiger partial charge on any atom is 0.407 e. The van der Waals surface area contributed by atoms with Crippen molar-refractivity contribution in [2.45, 2.75) is 38.1 Å². The molecule has 0 fully saturated rings. The third-order valence-electron chi connectivity index (χ3n) is 3.16. The van der Waals surface area contributed by atoms with Crippen LogP contribution in [0.2, 0.25) is 5.02 Å². The van der Waals surface area contributed by atoms with E-state index in [1.54, 1.807) is 32.9 Å². The van der Waals surface area contributed by atoms with Gasteiger partial charge >= 0.3 is 6.09 Å². The summed E-state index contributed by atoms with van der Waals surface area (Å²) in [6.07, 6.45) is -1.26. The highest BCUT2D eigenvalue weighted by Crippen LogP contribution is 2.40. The zero-order valence-corrected chi connectivity index (χ0v) is 13.5. The molecule has 0 aromatic heterocycles. The second kappa shape index (κ2) is 5.64. The van der Waals surface area contributed by atoms with Crippen LogP contribution in [0, 0.1) is 0 Å². The van der Waals surface area contributed by atoms with Crippen molar-refractivity contribution in [3.8, 4) is 5.75 Å². The van der Waals surface area contributed by atoms with Gasteiger partial charge in [-0.05, 0) is 26.8 Å². The summed E-state index contributed by atoms with van der Waals surface area (Å²) in [5, 5.41) is 2.91. The number of rotatable bonds is 2. The third-order valence-corrected chi connectivity index (χ3v) is 3.44. The predicted octanol–water partition coefficient (Wildman–Crippen LogP) is 0.490. The van der Waals surface area contributed by atoms with E-state index in [0.717, 1.165) is 0 Å². The smallest absolute Gasteiger partial charge is 0.407 e. The fourth-order valence-corrected chi connectivity index (χ4v) is 2.44. The number of carbonyl (C=O) groups excluding carboxylic acids is 1. The SMILES string of the molecule is [B]c1cc(Cl)c2c(c1)C(N)(N)C(CNC(=O)OC(C)(C)C)O2. The van der Waals surface area contributed by atoms with Gasteiger partial charge in [0.2, 0.25) is 0 Å². The molecule has 1 amide bonds. The van der Waals surface area contributed by atoms with E-state index in [1.165, 1.54) is 0 Å². The number of hydrogen-bond acceptors (Lipinski definition) is 5. The number of hydrogen-bond donors (Lipinski definition) is 3. The molecule has 0 spiro atoms. The normalized spacial score (nSPS) is 19.3. The molecular formula is C14H19BClN3O3. The van der Waals surface area contributed by atoms with Gasteiger partial charge in [0, 0.05) is 5.56 Å². The number of ether oxygens (including phenoxy) is 2. The van der Waals surface area contributed by atoms with Crippen molar-refractivity contribution in [1.82, 2.24) is 5.32 Å². The maximum absolute atomic E-state index is 11.7. The van der Waals surface area contributed by atoms with Crippen molar-refractivity contribution >= 4 is 31.0 Å². The lowest BCUT2D eigenvalue weighted by Gasteiger charge is -2.26. The Morgan fingerprint density at radius 3 is 2.73 bits per heavy atom. The molecule has 1 aromatic rings. The summed E-state index contributed by atoms with van der Waals surface area (Å²) >= 11 is 6.09. The lowest BCUT2D eigenvalue weighted by molar-refractivity contribution is 0.0485. The molecule has 0 bridgehead atoms. The highest BCUT2D eigenvalue weighted by molar-refractivity contribution is 6.37. The first kappa shape index (κ1) is 16.9. The number of alkyl carbamates (subject to hydrolysis) is 1. The van der Waals surface area contributed by atoms with Crippen LogP contribution in [0.4, 0.5) is 4.79 Å². The fourth-order valence-electron chi connectivity index (χ4n) is 2.17. The Labute approximate surface area is 135 Å². The van der Waals surface area contributed by atoms with E-state index >= 15 is 0 Å². The largest absolute Gasteiger partial charge is 0.483 e. The zero-order valence-electron chi connectivity index (χ0n) is 12.8. The van der Waals surface area contributed by atoms with Crippen LogP contribution in [0.25, 0.3) is 0 Å². The van der Waals surface area contributed by atoms with Crippen molar-refractivity contribution in [2.75, 3.05) is 6.54 Å². The zero-order chi connectivity index (χ0) is 16.7. The van der Waals surface area contributed by atoms with Crippen LogP contribution in [0.15, 0.2) is 12.1 Å². The molecule has 1 aromatic carbocycles. The summed E-state index contributed by atoms with van der Waals surface area (Å²) < 4.78 is 10.8. The minimum absolute atomic E-state index is 0.0762. The van der Waals surface area contributed by atoms with E-state index in [4.69, 9.17) is 40.4 Å². The van der Waals surface area contributed by atoms with Gasteiger partial charge in [0.15, 0.2) is 6.10 Å². The first-order valence-corrected chi connectivity index (χ1v) is 7.19. The predicted molar refractivity (Wildman–Crippen MR) is 85.5 cm³/mol. The minimum atomic E-state index is -1.32. The molecule has 118 valence electrons. The molecule has 1 heterocycles. The van der Waals surface area contributed by atoms with E-state index in [1.807, 2.05) is 0 Å². The molecule has 1 aliphatic rings. The lowest BCUT2D eigenvalue weighted by atomic mass is 9.89. The highest BCUT2D eigenvalue weighted by Gasteiger charge is 2.44. The molecule has 2 radical (unpaired) electrons. The fraction of sp³-hybridized carbons (Fsp3) is 0.500. The number of benzene rings is 1. The minimum Gasteiger partial charge on any atom is -0.483 e. The average molecular weight is 324 g/mol. The van der Waals surface area contributed by atoms with Gasteiger partial charge in [-0.2, -0.15) is 0 Å². The first-order chi connectivity index (χ1) is 10.0. The number of nitrogens with one attached hydrogen (secondary N) is 1. The molecule has 8 heteroatoms. The van der Waals surface area contributed by atoms with Crippen molar-refractivity contribution in [3.63, 3.8) is 0 Å². The summed E-state index contributed by atoms with van der Waals surface area (Å²) in [5.41, 5.74) is 11.3. The van der Waals surface area contributed by atoms with Crippen molar-refractivity contribution < 1.29 is 14.3 Å². The second-order valence-corrected chi connectivity index (χ2v) is 6.71. The summed E-state index contributed by atoms with van der Waals surface area (Å²) in [5.74, 6) is 0.386. The molecule has 1 atom stereocenters. The lowest BCUT2D eigenvalue weighted by Crippen LogP contribution is -2.58. The molecule has 0 aliphatic carbocycles. The van der Waals surface area contributed by atoms with Crippen LogP contribution in [0.3, 0.4) is 0 Å². The average Bonchev–Trinajstić information content (AvgIpc) is 2.57. The van der Waals surface area contributed by atoms with Crippen molar-refractivity contribution in [1.29, 1.82) is 0 Å². The number of amides is 1. The number of nitrogens with two attached hydrogens (primary N) is 2. The standard InChI is InChI=1S/C14H19BClN3O3/c1-13(2,3)22-12(20)19-6-10-14(17,18)8-4-7(15)5-9(16)11(8)21-10/h4-5,10H,6,17-18H2,1-3H3,(H,19,20). The topological polar surface area (TPSA) is 99.6 Å². The van der Waals surface area contributed by atoms with Crippen LogP contribution in [-0.4, -0.2) is 32.2 Å². The van der Waals surface area contributed by atoms with Gasteiger partial charge in [-0.15, -0.1) is 0 Å². The molecule has 6 nitrogen and oxygen atoms in total. The summed E-state index contributed by atoms with van der Waals surface area (Å²) in [7, 11) is 5.75. The van der Waals surface area contributed by atoms with Crippen molar-refractivity contribution in [3.05, 3.63) is 22.7 Å². The van der Waals surface area contributed by atoms with Gasteiger partial charge in [0.25, 0.3) is 0 Å². The molecule has 1 aliphatic heterocycles. The molecule has 22 heavy (non-hydrogen) atoms. The molecule has 1 unspecified atom stereocenters. The Morgan fingerprint density at radius 2 is 2.14 bits per heavy atom. The summed E-state index contributed by atoms with van der Waals surface area (Å²) in [4.78, 5) is 11.7. The van der Waals surface area contributed by atoms with E-state index in [9.17, 15) is 4.79 Å². The Hall–Kier alpha value is -1.44. The van der Waals surface area contributed by atoms with E-state index in [2.05, 4.69) is 5.32 Å². The van der Waals surface area contributed by atoms with E-state index in [-0.39, 0.29) is 6.54 Å². The molecule has 0 saturated carbocycles. The van der Waals surface area contributed by atoms with Gasteiger partial charge < -0.3 is 26.3 Å². The molecular weight excluding hydrogens is 304 g/mol. The second-order valence-electron chi connectivity index (χ2n) is 6.30. The van der Waals surface area contributed by atoms with Crippen LogP contribution in [0.5, 0.6) is 5.75 Å². The monoisotopic (exact) mass is 323 g/mol. The molecule has 2 rings (SSSR count). The molecule has 0 saturated heterocycles. The van der Waals surface area contributed by atoms with Crippen LogP contribution in [-0.2, 0) is 10.4 Å². The third kappa shape index (κ3) is 3.48. The summed E-state index contributed by atoms with van der Waals surface area (Å²) in [6, 6.07) is 3.18. The van der Waals surface area contributed by atoms with E-state index < -0.39 is 23.5 Å². The Bertz CT molecular complexity index is 602. The van der Waals surface area contributed by atoms with Gasteiger partial charge in [0.1, 0.15) is 24.9 Å². The van der Waals surface area contributed by atoms with Gasteiger partial charge in [-0.25, -0.2) is 4.79 Å². The Morgan fingerprint density at radius 1 is 1.50 bits per heavy atom. The summed E-state index contributed by atoms with van der Waals surface area (Å²) in [6.45, 7) is 5.39. The van der Waals surface area contributed by atoms with E-state index in [0.29, 0.717) is 21.8 Å². The van der Waals surface area contributed by atoms with Crippen LogP contribution in [0.1, 0.15) is 26.3 Å². The number of halogens is 1. The number of fused-ring (bicyclic) bond motifs is 1. The molecule has 5 N–H and O–H groups in total. The first-order valence-electron chi connectivity index (χ1n) is 6.81. The van der Waals surface area contributed by atoms with Crippen LogP contribution >= 0.6 is 11.6 Å².